The van der Waals surface area contributed by atoms with E-state index in [1.807, 2.05) is 13.8 Å². The van der Waals surface area contributed by atoms with Crippen LogP contribution < -0.4 is 5.32 Å². The standard InChI is InChI=1S/C14H24N2O2/c1-4-11-13(18)16(10(2)12(17)15-11)9-14(3)7-5-6-8-14/h10-11H,4-9H2,1-3H3,(H,15,17). The number of amides is 2. The van der Waals surface area contributed by atoms with Crippen molar-refractivity contribution in [2.45, 2.75) is 65.0 Å². The topological polar surface area (TPSA) is 49.4 Å². The Balaban J connectivity index is 2.12. The van der Waals surface area contributed by atoms with Gasteiger partial charge in [0.15, 0.2) is 0 Å². The highest BCUT2D eigenvalue weighted by Gasteiger charge is 2.41. The van der Waals surface area contributed by atoms with Gasteiger partial charge in [0.2, 0.25) is 11.8 Å². The van der Waals surface area contributed by atoms with E-state index in [9.17, 15) is 9.59 Å². The third-order valence-electron chi connectivity index (χ3n) is 4.52. The minimum absolute atomic E-state index is 0.0111. The normalized spacial score (nSPS) is 31.6. The van der Waals surface area contributed by atoms with Gasteiger partial charge in [0, 0.05) is 6.54 Å². The highest BCUT2D eigenvalue weighted by Crippen LogP contribution is 2.38. The van der Waals surface area contributed by atoms with E-state index in [4.69, 9.17) is 0 Å². The van der Waals surface area contributed by atoms with Gasteiger partial charge in [-0.25, -0.2) is 0 Å². The van der Waals surface area contributed by atoms with Crippen LogP contribution in [0.4, 0.5) is 0 Å². The van der Waals surface area contributed by atoms with Crippen molar-refractivity contribution in [1.82, 2.24) is 10.2 Å². The summed E-state index contributed by atoms with van der Waals surface area (Å²) >= 11 is 0. The molecule has 2 rings (SSSR count). The van der Waals surface area contributed by atoms with Crippen molar-refractivity contribution in [3.8, 4) is 0 Å². The first-order valence-electron chi connectivity index (χ1n) is 7.08. The van der Waals surface area contributed by atoms with Crippen LogP contribution >= 0.6 is 0 Å². The molecule has 0 aromatic carbocycles. The molecule has 0 spiro atoms. The maximum Gasteiger partial charge on any atom is 0.245 e. The quantitative estimate of drug-likeness (QED) is 0.831. The van der Waals surface area contributed by atoms with Gasteiger partial charge < -0.3 is 10.2 Å². The van der Waals surface area contributed by atoms with Gasteiger partial charge >= 0.3 is 0 Å². The summed E-state index contributed by atoms with van der Waals surface area (Å²) < 4.78 is 0. The third kappa shape index (κ3) is 2.38. The van der Waals surface area contributed by atoms with E-state index in [-0.39, 0.29) is 29.3 Å². The third-order valence-corrected chi connectivity index (χ3v) is 4.52. The summed E-state index contributed by atoms with van der Waals surface area (Å²) in [6, 6.07) is -0.642. The molecule has 2 aliphatic rings. The van der Waals surface area contributed by atoms with Gasteiger partial charge in [0.25, 0.3) is 0 Å². The minimum Gasteiger partial charge on any atom is -0.343 e. The second-order valence-electron chi connectivity index (χ2n) is 6.13. The lowest BCUT2D eigenvalue weighted by Crippen LogP contribution is -2.63. The van der Waals surface area contributed by atoms with Gasteiger partial charge in [-0.15, -0.1) is 0 Å². The van der Waals surface area contributed by atoms with Crippen molar-refractivity contribution in [3.63, 3.8) is 0 Å². The second kappa shape index (κ2) is 4.90. The zero-order chi connectivity index (χ0) is 13.3. The van der Waals surface area contributed by atoms with Crippen molar-refractivity contribution in [1.29, 1.82) is 0 Å². The van der Waals surface area contributed by atoms with Gasteiger partial charge in [0.1, 0.15) is 12.1 Å². The molecule has 1 aliphatic carbocycles. The first-order valence-corrected chi connectivity index (χ1v) is 7.08. The molecule has 0 aromatic heterocycles. The fraction of sp³-hybridized carbons (Fsp3) is 0.857. The molecule has 18 heavy (non-hydrogen) atoms. The monoisotopic (exact) mass is 252 g/mol. The maximum atomic E-state index is 12.4. The summed E-state index contributed by atoms with van der Waals surface area (Å²) in [7, 11) is 0. The van der Waals surface area contributed by atoms with Crippen molar-refractivity contribution >= 4 is 11.8 Å². The Hall–Kier alpha value is -1.06. The lowest BCUT2D eigenvalue weighted by molar-refractivity contribution is -0.150. The zero-order valence-corrected chi connectivity index (χ0v) is 11.7. The van der Waals surface area contributed by atoms with Gasteiger partial charge in [-0.3, -0.25) is 9.59 Å². The van der Waals surface area contributed by atoms with E-state index in [1.54, 1.807) is 4.90 Å². The van der Waals surface area contributed by atoms with E-state index in [1.165, 1.54) is 25.7 Å². The Morgan fingerprint density at radius 1 is 1.33 bits per heavy atom. The van der Waals surface area contributed by atoms with Gasteiger partial charge in [-0.2, -0.15) is 0 Å². The molecule has 1 saturated heterocycles. The van der Waals surface area contributed by atoms with E-state index < -0.39 is 0 Å². The number of piperazine rings is 1. The van der Waals surface area contributed by atoms with Crippen molar-refractivity contribution < 1.29 is 9.59 Å². The van der Waals surface area contributed by atoms with Gasteiger partial charge in [-0.1, -0.05) is 26.7 Å². The number of nitrogens with one attached hydrogen (secondary N) is 1. The molecule has 102 valence electrons. The Morgan fingerprint density at radius 2 is 1.94 bits per heavy atom. The average Bonchev–Trinajstić information content (AvgIpc) is 2.76. The zero-order valence-electron chi connectivity index (χ0n) is 11.7. The molecular formula is C14H24N2O2. The van der Waals surface area contributed by atoms with Crippen LogP contribution in [0.3, 0.4) is 0 Å². The lowest BCUT2D eigenvalue weighted by Gasteiger charge is -2.41. The van der Waals surface area contributed by atoms with Crippen LogP contribution in [0.5, 0.6) is 0 Å². The molecule has 1 N–H and O–H groups in total. The molecule has 0 bridgehead atoms. The summed E-state index contributed by atoms with van der Waals surface area (Å²) in [6.07, 6.45) is 5.50. The highest BCUT2D eigenvalue weighted by atomic mass is 16.2. The van der Waals surface area contributed by atoms with E-state index >= 15 is 0 Å². The number of carbonyl (C=O) groups is 2. The first-order chi connectivity index (χ1) is 8.47. The molecule has 4 heteroatoms. The van der Waals surface area contributed by atoms with Crippen LogP contribution in [0, 0.1) is 5.41 Å². The largest absolute Gasteiger partial charge is 0.343 e. The second-order valence-corrected chi connectivity index (χ2v) is 6.13. The SMILES string of the molecule is CCC1NC(=O)C(C)N(CC2(C)CCCC2)C1=O. The van der Waals surface area contributed by atoms with Gasteiger partial charge in [-0.05, 0) is 31.6 Å². The van der Waals surface area contributed by atoms with Crippen LogP contribution in [0.2, 0.25) is 0 Å². The molecule has 2 atom stereocenters. The lowest BCUT2D eigenvalue weighted by atomic mass is 9.87. The molecule has 0 radical (unpaired) electrons. The highest BCUT2D eigenvalue weighted by molar-refractivity contribution is 5.96. The van der Waals surface area contributed by atoms with Crippen molar-refractivity contribution in [2.75, 3.05) is 6.54 Å². The first kappa shape index (κ1) is 13.4. The molecule has 2 fully saturated rings. The Kier molecular flexibility index (Phi) is 3.64. The van der Waals surface area contributed by atoms with E-state index in [2.05, 4.69) is 12.2 Å². The summed E-state index contributed by atoms with van der Waals surface area (Å²) in [4.78, 5) is 26.1. The van der Waals surface area contributed by atoms with Crippen LogP contribution in [-0.4, -0.2) is 35.3 Å². The van der Waals surface area contributed by atoms with E-state index in [0.29, 0.717) is 6.42 Å². The van der Waals surface area contributed by atoms with Crippen LogP contribution in [-0.2, 0) is 9.59 Å². The molecule has 2 amide bonds. The molecule has 1 aliphatic heterocycles. The minimum atomic E-state index is -0.322. The predicted molar refractivity (Wildman–Crippen MR) is 70.0 cm³/mol. The molecular weight excluding hydrogens is 228 g/mol. The average molecular weight is 252 g/mol. The number of nitrogens with zero attached hydrogens (tertiary/aromatic N) is 1. The molecule has 4 nitrogen and oxygen atoms in total. The number of hydrogen-bond acceptors (Lipinski definition) is 2. The predicted octanol–water partition coefficient (Wildman–Crippen LogP) is 1.69. The van der Waals surface area contributed by atoms with E-state index in [0.717, 1.165) is 6.54 Å². The fourth-order valence-corrected chi connectivity index (χ4v) is 3.18. The number of hydrogen-bond donors (Lipinski definition) is 1. The summed E-state index contributed by atoms with van der Waals surface area (Å²) in [6.45, 7) is 6.75. The number of rotatable bonds is 3. The molecule has 2 unspecified atom stereocenters. The summed E-state index contributed by atoms with van der Waals surface area (Å²) in [5, 5.41) is 2.80. The van der Waals surface area contributed by atoms with Crippen LogP contribution in [0.15, 0.2) is 0 Å². The summed E-state index contributed by atoms with van der Waals surface area (Å²) in [5.74, 6) is 0.0840. The van der Waals surface area contributed by atoms with Crippen molar-refractivity contribution in [3.05, 3.63) is 0 Å². The van der Waals surface area contributed by atoms with Crippen molar-refractivity contribution in [2.24, 2.45) is 5.41 Å². The Bertz CT molecular complexity index is 348. The smallest absolute Gasteiger partial charge is 0.245 e. The number of carbonyl (C=O) groups excluding carboxylic acids is 2. The van der Waals surface area contributed by atoms with Gasteiger partial charge in [0.05, 0.1) is 0 Å². The van der Waals surface area contributed by atoms with Crippen LogP contribution in [0.1, 0.15) is 52.9 Å². The molecule has 1 saturated carbocycles. The maximum absolute atomic E-state index is 12.4. The molecule has 0 aromatic rings. The Morgan fingerprint density at radius 3 is 2.50 bits per heavy atom. The Labute approximate surface area is 109 Å². The van der Waals surface area contributed by atoms with Crippen LogP contribution in [0.25, 0.3) is 0 Å². The summed E-state index contributed by atoms with van der Waals surface area (Å²) in [5.41, 5.74) is 0.208. The molecule has 1 heterocycles. The fourth-order valence-electron chi connectivity index (χ4n) is 3.18.